The maximum absolute atomic E-state index is 5.45. The fourth-order valence-electron chi connectivity index (χ4n) is 2.03. The number of aromatic nitrogens is 2. The summed E-state index contributed by atoms with van der Waals surface area (Å²) < 4.78 is 5.45. The molecule has 0 saturated heterocycles. The van der Waals surface area contributed by atoms with E-state index in [4.69, 9.17) is 4.42 Å². The van der Waals surface area contributed by atoms with Gasteiger partial charge < -0.3 is 15.1 Å². The van der Waals surface area contributed by atoms with E-state index in [1.165, 1.54) is 11.1 Å². The molecule has 3 rings (SSSR count). The van der Waals surface area contributed by atoms with Gasteiger partial charge in [0.2, 0.25) is 5.89 Å². The van der Waals surface area contributed by atoms with Crippen molar-refractivity contribution in [1.82, 2.24) is 15.5 Å². The topological polar surface area (TPSA) is 63.0 Å². The maximum atomic E-state index is 5.45. The minimum Gasteiger partial charge on any atom is -0.406 e. The van der Waals surface area contributed by atoms with Gasteiger partial charge in [-0.1, -0.05) is 47.6 Å². The molecule has 0 aliphatic carbocycles. The van der Waals surface area contributed by atoms with Crippen molar-refractivity contribution >= 4 is 11.7 Å². The largest absolute Gasteiger partial charge is 0.406 e. The molecule has 0 atom stereocenters. The van der Waals surface area contributed by atoms with Crippen molar-refractivity contribution in [2.75, 3.05) is 12.4 Å². The minimum absolute atomic E-state index is 0.396. The lowest BCUT2D eigenvalue weighted by atomic mass is 10.1. The number of rotatable bonds is 5. The number of hydrogen-bond donors (Lipinski definition) is 2. The van der Waals surface area contributed by atoms with E-state index in [9.17, 15) is 0 Å². The summed E-state index contributed by atoms with van der Waals surface area (Å²) in [6.07, 6.45) is 0. The van der Waals surface area contributed by atoms with E-state index in [2.05, 4.69) is 45.1 Å². The molecule has 1 heterocycles. The summed E-state index contributed by atoms with van der Waals surface area (Å²) in [6, 6.07) is 18.7. The third-order valence-electron chi connectivity index (χ3n) is 3.04. The summed E-state index contributed by atoms with van der Waals surface area (Å²) in [5.74, 6) is 0.556. The van der Waals surface area contributed by atoms with Crippen LogP contribution in [0.1, 0.15) is 5.89 Å². The van der Waals surface area contributed by atoms with Crippen LogP contribution in [-0.4, -0.2) is 17.2 Å². The van der Waals surface area contributed by atoms with Gasteiger partial charge in [0.1, 0.15) is 0 Å². The van der Waals surface area contributed by atoms with Crippen molar-refractivity contribution in [3.63, 3.8) is 0 Å². The molecule has 3 aromatic rings. The summed E-state index contributed by atoms with van der Waals surface area (Å²) >= 11 is 0. The Balaban J connectivity index is 1.72. The van der Waals surface area contributed by atoms with Crippen molar-refractivity contribution in [3.8, 4) is 11.1 Å². The predicted molar refractivity (Wildman–Crippen MR) is 82.2 cm³/mol. The van der Waals surface area contributed by atoms with Gasteiger partial charge in [0.25, 0.3) is 0 Å². The van der Waals surface area contributed by atoms with E-state index in [1.54, 1.807) is 0 Å². The van der Waals surface area contributed by atoms with Crippen LogP contribution in [0.15, 0.2) is 59.0 Å². The molecule has 0 spiro atoms. The Kier molecular flexibility index (Phi) is 3.93. The first-order valence-electron chi connectivity index (χ1n) is 6.74. The van der Waals surface area contributed by atoms with Gasteiger partial charge in [0.15, 0.2) is 0 Å². The molecule has 5 heteroatoms. The van der Waals surface area contributed by atoms with Gasteiger partial charge in [-0.05, 0) is 30.3 Å². The summed E-state index contributed by atoms with van der Waals surface area (Å²) in [5.41, 5.74) is 3.27. The SMILES string of the molecule is CNCc1nnc(Nc2ccc(-c3ccccc3)cc2)o1. The molecule has 0 unspecified atom stereocenters. The number of anilines is 2. The van der Waals surface area contributed by atoms with E-state index < -0.39 is 0 Å². The lowest BCUT2D eigenvalue weighted by molar-refractivity contribution is 0.493. The summed E-state index contributed by atoms with van der Waals surface area (Å²) in [5, 5.41) is 13.9. The first kappa shape index (κ1) is 13.3. The fourth-order valence-corrected chi connectivity index (χ4v) is 2.03. The smallest absolute Gasteiger partial charge is 0.320 e. The fraction of sp³-hybridized carbons (Fsp3) is 0.125. The molecule has 2 aromatic carbocycles. The monoisotopic (exact) mass is 280 g/mol. The Morgan fingerprint density at radius 2 is 1.62 bits per heavy atom. The van der Waals surface area contributed by atoms with Crippen molar-refractivity contribution in [1.29, 1.82) is 0 Å². The molecule has 0 fully saturated rings. The summed E-state index contributed by atoms with van der Waals surface area (Å²) in [6.45, 7) is 0.557. The second-order valence-corrected chi connectivity index (χ2v) is 4.60. The number of benzene rings is 2. The van der Waals surface area contributed by atoms with Gasteiger partial charge in [0, 0.05) is 5.69 Å². The molecule has 21 heavy (non-hydrogen) atoms. The molecule has 0 aliphatic rings. The van der Waals surface area contributed by atoms with Crippen LogP contribution in [0.5, 0.6) is 0 Å². The average molecular weight is 280 g/mol. The summed E-state index contributed by atoms with van der Waals surface area (Å²) in [4.78, 5) is 0. The number of hydrogen-bond acceptors (Lipinski definition) is 5. The molecule has 0 amide bonds. The first-order valence-corrected chi connectivity index (χ1v) is 6.74. The second kappa shape index (κ2) is 6.19. The Hall–Kier alpha value is -2.66. The Morgan fingerprint density at radius 1 is 0.905 bits per heavy atom. The molecule has 0 saturated carbocycles. The van der Waals surface area contributed by atoms with Gasteiger partial charge in [-0.2, -0.15) is 0 Å². The van der Waals surface area contributed by atoms with E-state index in [1.807, 2.05) is 37.4 Å². The zero-order valence-corrected chi connectivity index (χ0v) is 11.7. The Morgan fingerprint density at radius 3 is 2.33 bits per heavy atom. The summed E-state index contributed by atoms with van der Waals surface area (Å²) in [7, 11) is 1.83. The van der Waals surface area contributed by atoms with Gasteiger partial charge in [0.05, 0.1) is 6.54 Å². The average Bonchev–Trinajstić information content (AvgIpc) is 2.97. The molecule has 1 aromatic heterocycles. The van der Waals surface area contributed by atoms with Crippen LogP contribution in [0.2, 0.25) is 0 Å². The second-order valence-electron chi connectivity index (χ2n) is 4.60. The predicted octanol–water partition coefficient (Wildman–Crippen LogP) is 3.20. The quantitative estimate of drug-likeness (QED) is 0.751. The Labute approximate surface area is 123 Å². The standard InChI is InChI=1S/C16H16N4O/c1-17-11-15-19-20-16(21-15)18-14-9-7-13(8-10-14)12-5-3-2-4-6-12/h2-10,17H,11H2,1H3,(H,18,20). The van der Waals surface area contributed by atoms with E-state index in [0.717, 1.165) is 5.69 Å². The van der Waals surface area contributed by atoms with Crippen LogP contribution in [0.4, 0.5) is 11.7 Å². The van der Waals surface area contributed by atoms with Crippen molar-refractivity contribution < 1.29 is 4.42 Å². The molecular formula is C16H16N4O. The van der Waals surface area contributed by atoms with Crippen LogP contribution < -0.4 is 10.6 Å². The molecule has 2 N–H and O–H groups in total. The van der Waals surface area contributed by atoms with Crippen LogP contribution in [0.3, 0.4) is 0 Å². The van der Waals surface area contributed by atoms with Crippen LogP contribution in [0.25, 0.3) is 11.1 Å². The Bertz CT molecular complexity index is 692. The van der Waals surface area contributed by atoms with Crippen molar-refractivity contribution in [2.24, 2.45) is 0 Å². The lowest BCUT2D eigenvalue weighted by Crippen LogP contribution is -2.04. The van der Waals surface area contributed by atoms with E-state index in [0.29, 0.717) is 18.5 Å². The third kappa shape index (κ3) is 3.27. The van der Waals surface area contributed by atoms with Crippen LogP contribution in [-0.2, 0) is 6.54 Å². The van der Waals surface area contributed by atoms with Gasteiger partial charge in [-0.3, -0.25) is 0 Å². The molecule has 0 aliphatic heterocycles. The normalized spacial score (nSPS) is 10.5. The zero-order chi connectivity index (χ0) is 14.5. The highest BCUT2D eigenvalue weighted by molar-refractivity contribution is 5.66. The number of nitrogens with one attached hydrogen (secondary N) is 2. The van der Waals surface area contributed by atoms with Gasteiger partial charge in [-0.15, -0.1) is 5.10 Å². The third-order valence-corrected chi connectivity index (χ3v) is 3.04. The zero-order valence-electron chi connectivity index (χ0n) is 11.7. The van der Waals surface area contributed by atoms with E-state index >= 15 is 0 Å². The molecule has 5 nitrogen and oxygen atoms in total. The maximum Gasteiger partial charge on any atom is 0.320 e. The lowest BCUT2D eigenvalue weighted by Gasteiger charge is -2.04. The molecule has 0 radical (unpaired) electrons. The van der Waals surface area contributed by atoms with Crippen LogP contribution in [0, 0.1) is 0 Å². The van der Waals surface area contributed by atoms with E-state index in [-0.39, 0.29) is 0 Å². The minimum atomic E-state index is 0.396. The first-order chi connectivity index (χ1) is 10.3. The molecular weight excluding hydrogens is 264 g/mol. The van der Waals surface area contributed by atoms with Crippen LogP contribution >= 0.6 is 0 Å². The molecule has 106 valence electrons. The van der Waals surface area contributed by atoms with Crippen molar-refractivity contribution in [2.45, 2.75) is 6.54 Å². The van der Waals surface area contributed by atoms with Gasteiger partial charge >= 0.3 is 6.01 Å². The van der Waals surface area contributed by atoms with Crippen molar-refractivity contribution in [3.05, 3.63) is 60.5 Å². The highest BCUT2D eigenvalue weighted by Crippen LogP contribution is 2.22. The molecule has 0 bridgehead atoms. The van der Waals surface area contributed by atoms with Gasteiger partial charge in [-0.25, -0.2) is 0 Å². The highest BCUT2D eigenvalue weighted by atomic mass is 16.4. The highest BCUT2D eigenvalue weighted by Gasteiger charge is 2.05. The number of nitrogens with zero attached hydrogens (tertiary/aromatic N) is 2.